The summed E-state index contributed by atoms with van der Waals surface area (Å²) in [4.78, 5) is 12.4. The zero-order chi connectivity index (χ0) is 13.0. The molecule has 6 heteroatoms. The van der Waals surface area contributed by atoms with E-state index in [1.54, 1.807) is 18.2 Å². The lowest BCUT2D eigenvalue weighted by Gasteiger charge is -2.30. The van der Waals surface area contributed by atoms with Crippen LogP contribution in [0, 0.1) is 21.4 Å². The molecule has 6 nitrogen and oxygen atoms in total. The molecule has 0 bridgehead atoms. The van der Waals surface area contributed by atoms with Crippen LogP contribution in [0.3, 0.4) is 0 Å². The number of hydrogen-bond acceptors (Lipinski definition) is 5. The maximum absolute atomic E-state index is 11.0. The molecule has 1 aromatic carbocycles. The van der Waals surface area contributed by atoms with E-state index in [1.807, 2.05) is 4.90 Å². The van der Waals surface area contributed by atoms with E-state index in [2.05, 4.69) is 6.07 Å². The number of nitrogens with zero attached hydrogens (tertiary/aromatic N) is 3. The van der Waals surface area contributed by atoms with Crippen LogP contribution < -0.4 is 0 Å². The summed E-state index contributed by atoms with van der Waals surface area (Å²) < 4.78 is 5.22. The molecular weight excluding hydrogens is 234 g/mol. The van der Waals surface area contributed by atoms with Gasteiger partial charge < -0.3 is 4.74 Å². The van der Waals surface area contributed by atoms with Crippen LogP contribution in [0.4, 0.5) is 5.69 Å². The molecule has 1 aliphatic rings. The maximum Gasteiger partial charge on any atom is 0.275 e. The zero-order valence-corrected chi connectivity index (χ0v) is 9.78. The lowest BCUT2D eigenvalue weighted by Crippen LogP contribution is -2.38. The molecule has 1 aliphatic heterocycles. The van der Waals surface area contributed by atoms with Crippen LogP contribution in [-0.4, -0.2) is 36.1 Å². The molecule has 0 saturated carbocycles. The molecule has 1 atom stereocenters. The van der Waals surface area contributed by atoms with Gasteiger partial charge in [0.15, 0.2) is 0 Å². The van der Waals surface area contributed by atoms with Crippen molar-refractivity contribution in [3.63, 3.8) is 0 Å². The van der Waals surface area contributed by atoms with Crippen molar-refractivity contribution in [1.29, 1.82) is 5.26 Å². The fraction of sp³-hybridized carbons (Fsp3) is 0.417. The van der Waals surface area contributed by atoms with E-state index in [9.17, 15) is 15.4 Å². The first-order chi connectivity index (χ1) is 8.74. The van der Waals surface area contributed by atoms with Gasteiger partial charge in [0.1, 0.15) is 6.04 Å². The number of ether oxygens (including phenoxy) is 1. The van der Waals surface area contributed by atoms with Gasteiger partial charge in [0.05, 0.1) is 29.8 Å². The van der Waals surface area contributed by atoms with E-state index in [-0.39, 0.29) is 5.69 Å². The summed E-state index contributed by atoms with van der Waals surface area (Å²) >= 11 is 0. The highest BCUT2D eigenvalue weighted by Crippen LogP contribution is 2.29. The summed E-state index contributed by atoms with van der Waals surface area (Å²) in [5.74, 6) is 0. The minimum atomic E-state index is -0.588. The molecule has 1 heterocycles. The summed E-state index contributed by atoms with van der Waals surface area (Å²) in [6, 6.07) is 7.95. The monoisotopic (exact) mass is 247 g/mol. The van der Waals surface area contributed by atoms with E-state index in [1.165, 1.54) is 6.07 Å². The quantitative estimate of drug-likeness (QED) is 0.597. The van der Waals surface area contributed by atoms with Crippen molar-refractivity contribution in [2.45, 2.75) is 6.04 Å². The smallest absolute Gasteiger partial charge is 0.275 e. The topological polar surface area (TPSA) is 79.4 Å². The Morgan fingerprint density at radius 3 is 2.67 bits per heavy atom. The van der Waals surface area contributed by atoms with E-state index < -0.39 is 11.0 Å². The molecule has 1 fully saturated rings. The van der Waals surface area contributed by atoms with Crippen molar-refractivity contribution in [2.75, 3.05) is 26.3 Å². The first-order valence-electron chi connectivity index (χ1n) is 5.69. The number of hydrogen-bond donors (Lipinski definition) is 0. The Morgan fingerprint density at radius 2 is 2.06 bits per heavy atom. The van der Waals surface area contributed by atoms with E-state index >= 15 is 0 Å². The molecule has 1 unspecified atom stereocenters. The van der Waals surface area contributed by atoms with Crippen LogP contribution >= 0.6 is 0 Å². The third kappa shape index (κ3) is 2.47. The van der Waals surface area contributed by atoms with Crippen LogP contribution in [0.2, 0.25) is 0 Å². The van der Waals surface area contributed by atoms with Gasteiger partial charge in [-0.15, -0.1) is 0 Å². The largest absolute Gasteiger partial charge is 0.379 e. The first-order valence-corrected chi connectivity index (χ1v) is 5.69. The van der Waals surface area contributed by atoms with Gasteiger partial charge in [0, 0.05) is 19.2 Å². The molecule has 0 aromatic heterocycles. The average Bonchev–Trinajstić information content (AvgIpc) is 2.41. The van der Waals surface area contributed by atoms with Crippen molar-refractivity contribution in [3.05, 3.63) is 39.9 Å². The number of morpholine rings is 1. The third-order valence-corrected chi connectivity index (χ3v) is 2.96. The Balaban J connectivity index is 2.32. The van der Waals surface area contributed by atoms with Crippen molar-refractivity contribution in [2.24, 2.45) is 0 Å². The summed E-state index contributed by atoms with van der Waals surface area (Å²) in [6.07, 6.45) is 0. The normalized spacial score (nSPS) is 17.9. The number of benzene rings is 1. The maximum atomic E-state index is 11.0. The molecule has 1 saturated heterocycles. The predicted octanol–water partition coefficient (Wildman–Crippen LogP) is 1.49. The van der Waals surface area contributed by atoms with Crippen LogP contribution in [0.25, 0.3) is 0 Å². The van der Waals surface area contributed by atoms with Gasteiger partial charge >= 0.3 is 0 Å². The number of rotatable bonds is 3. The summed E-state index contributed by atoms with van der Waals surface area (Å²) in [5.41, 5.74) is 0.447. The minimum Gasteiger partial charge on any atom is -0.379 e. The average molecular weight is 247 g/mol. The van der Waals surface area contributed by atoms with Gasteiger partial charge in [0.25, 0.3) is 5.69 Å². The second-order valence-corrected chi connectivity index (χ2v) is 4.00. The Hall–Kier alpha value is -1.97. The standard InChI is InChI=1S/C12H13N3O3/c13-9-12(14-5-7-18-8-6-14)10-3-1-2-4-11(10)15(16)17/h1-4,12H,5-8H2. The van der Waals surface area contributed by atoms with Gasteiger partial charge in [0.2, 0.25) is 0 Å². The van der Waals surface area contributed by atoms with Gasteiger partial charge in [-0.05, 0) is 6.07 Å². The number of nitriles is 1. The van der Waals surface area contributed by atoms with Gasteiger partial charge in [-0.2, -0.15) is 5.26 Å². The second-order valence-electron chi connectivity index (χ2n) is 4.00. The molecule has 0 radical (unpaired) electrons. The van der Waals surface area contributed by atoms with E-state index in [0.29, 0.717) is 31.9 Å². The molecule has 1 aromatic rings. The minimum absolute atomic E-state index is 0.00413. The van der Waals surface area contributed by atoms with Crippen molar-refractivity contribution in [1.82, 2.24) is 4.90 Å². The van der Waals surface area contributed by atoms with Crippen LogP contribution in [0.5, 0.6) is 0 Å². The summed E-state index contributed by atoms with van der Waals surface area (Å²) in [5, 5.41) is 20.3. The highest BCUT2D eigenvalue weighted by Gasteiger charge is 2.27. The van der Waals surface area contributed by atoms with Gasteiger partial charge in [-0.1, -0.05) is 12.1 Å². The second kappa shape index (κ2) is 5.58. The summed E-state index contributed by atoms with van der Waals surface area (Å²) in [6.45, 7) is 2.34. The molecule has 18 heavy (non-hydrogen) atoms. The predicted molar refractivity (Wildman–Crippen MR) is 63.8 cm³/mol. The Bertz CT molecular complexity index is 478. The SMILES string of the molecule is N#CC(c1ccccc1[N+](=O)[O-])N1CCOCC1. The van der Waals surface area contributed by atoms with Crippen LogP contribution in [-0.2, 0) is 4.74 Å². The van der Waals surface area contributed by atoms with Crippen molar-refractivity contribution >= 4 is 5.69 Å². The van der Waals surface area contributed by atoms with Gasteiger partial charge in [-0.25, -0.2) is 0 Å². The zero-order valence-electron chi connectivity index (χ0n) is 9.78. The van der Waals surface area contributed by atoms with E-state index in [4.69, 9.17) is 4.74 Å². The molecule has 0 spiro atoms. The number of nitro groups is 1. The first kappa shape index (κ1) is 12.5. The molecule has 0 aliphatic carbocycles. The third-order valence-electron chi connectivity index (χ3n) is 2.96. The Labute approximate surface area is 105 Å². The fourth-order valence-corrected chi connectivity index (χ4v) is 2.07. The van der Waals surface area contributed by atoms with Crippen molar-refractivity contribution < 1.29 is 9.66 Å². The van der Waals surface area contributed by atoms with Crippen LogP contribution in [0.1, 0.15) is 11.6 Å². The number of nitro benzene ring substituents is 1. The number of para-hydroxylation sites is 1. The molecular formula is C12H13N3O3. The molecule has 2 rings (SSSR count). The van der Waals surface area contributed by atoms with Crippen molar-refractivity contribution in [3.8, 4) is 6.07 Å². The lowest BCUT2D eigenvalue weighted by molar-refractivity contribution is -0.385. The highest BCUT2D eigenvalue weighted by molar-refractivity contribution is 5.44. The molecule has 0 amide bonds. The highest BCUT2D eigenvalue weighted by atomic mass is 16.6. The Kier molecular flexibility index (Phi) is 3.87. The van der Waals surface area contributed by atoms with E-state index in [0.717, 1.165) is 0 Å². The Morgan fingerprint density at radius 1 is 1.39 bits per heavy atom. The summed E-state index contributed by atoms with van der Waals surface area (Å²) in [7, 11) is 0. The molecule has 0 N–H and O–H groups in total. The fourth-order valence-electron chi connectivity index (χ4n) is 2.07. The lowest BCUT2D eigenvalue weighted by atomic mass is 10.0. The molecule has 94 valence electrons. The van der Waals surface area contributed by atoms with Gasteiger partial charge in [-0.3, -0.25) is 15.0 Å². The van der Waals surface area contributed by atoms with Crippen LogP contribution in [0.15, 0.2) is 24.3 Å².